The van der Waals surface area contributed by atoms with E-state index in [0.29, 0.717) is 37.3 Å². The summed E-state index contributed by atoms with van der Waals surface area (Å²) in [5.74, 6) is -0.913. The quantitative estimate of drug-likeness (QED) is 0.526. The van der Waals surface area contributed by atoms with Gasteiger partial charge in [0.05, 0.1) is 18.1 Å². The molecule has 0 spiro atoms. The summed E-state index contributed by atoms with van der Waals surface area (Å²) < 4.78 is 10.7. The minimum absolute atomic E-state index is 0.287. The highest BCUT2D eigenvalue weighted by atomic mass is 16.5. The van der Waals surface area contributed by atoms with Gasteiger partial charge in [0.25, 0.3) is 5.91 Å². The Bertz CT molecular complexity index is 644. The average molecular weight is 376 g/mol. The highest BCUT2D eigenvalue weighted by Crippen LogP contribution is 2.17. The molecule has 0 bridgehead atoms. The summed E-state index contributed by atoms with van der Waals surface area (Å²) in [4.78, 5) is 37.1. The number of amides is 2. The van der Waals surface area contributed by atoms with Gasteiger partial charge >= 0.3 is 5.97 Å². The summed E-state index contributed by atoms with van der Waals surface area (Å²) in [6.45, 7) is 3.26. The van der Waals surface area contributed by atoms with Gasteiger partial charge < -0.3 is 20.1 Å². The van der Waals surface area contributed by atoms with Crippen molar-refractivity contribution in [2.24, 2.45) is 11.7 Å². The van der Waals surface area contributed by atoms with E-state index in [0.717, 1.165) is 19.3 Å². The first kappa shape index (κ1) is 20.7. The fraction of sp³-hybridized carbons (Fsp3) is 0.550. The van der Waals surface area contributed by atoms with Crippen molar-refractivity contribution < 1.29 is 23.9 Å². The second kappa shape index (κ2) is 10.5. The zero-order valence-electron chi connectivity index (χ0n) is 15.8. The van der Waals surface area contributed by atoms with Crippen molar-refractivity contribution in [2.75, 3.05) is 26.3 Å². The van der Waals surface area contributed by atoms with Gasteiger partial charge in [0, 0.05) is 13.1 Å². The van der Waals surface area contributed by atoms with E-state index >= 15 is 0 Å². The van der Waals surface area contributed by atoms with Crippen LogP contribution >= 0.6 is 0 Å². The molecule has 27 heavy (non-hydrogen) atoms. The molecule has 7 nitrogen and oxygen atoms in total. The largest absolute Gasteiger partial charge is 0.494 e. The van der Waals surface area contributed by atoms with Gasteiger partial charge in [-0.3, -0.25) is 9.59 Å². The average Bonchev–Trinajstić information content (AvgIpc) is 2.69. The number of nitrogens with zero attached hydrogens (tertiary/aromatic N) is 1. The van der Waals surface area contributed by atoms with E-state index in [1.54, 1.807) is 24.3 Å². The maximum Gasteiger partial charge on any atom is 0.338 e. The van der Waals surface area contributed by atoms with E-state index in [1.165, 1.54) is 4.90 Å². The van der Waals surface area contributed by atoms with E-state index < -0.39 is 11.9 Å². The molecule has 2 amide bonds. The Morgan fingerprint density at radius 1 is 1.19 bits per heavy atom. The van der Waals surface area contributed by atoms with Gasteiger partial charge in [-0.05, 0) is 43.5 Å². The number of hydrogen-bond donors (Lipinski definition) is 1. The Balaban J connectivity index is 1.77. The predicted molar refractivity (Wildman–Crippen MR) is 100 cm³/mol. The topological polar surface area (TPSA) is 98.9 Å². The third-order valence-electron chi connectivity index (χ3n) is 4.61. The van der Waals surface area contributed by atoms with Gasteiger partial charge in [-0.1, -0.05) is 19.8 Å². The van der Waals surface area contributed by atoms with Gasteiger partial charge in [-0.25, -0.2) is 4.79 Å². The standard InChI is InChI=1S/C20H28N2O5/c1-2-3-4-12-26-17-9-7-15(8-10-17)20(25)27-14-18(23)22-11-5-6-16(13-22)19(21)24/h7-10,16H,2-6,11-14H2,1H3,(H2,21,24)/t16-/m0/s1. The van der Waals surface area contributed by atoms with Crippen molar-refractivity contribution in [3.05, 3.63) is 29.8 Å². The molecule has 148 valence electrons. The minimum Gasteiger partial charge on any atom is -0.494 e. The number of likely N-dealkylation sites (tertiary alicyclic amines) is 1. The van der Waals surface area contributed by atoms with Gasteiger partial charge in [-0.2, -0.15) is 0 Å². The second-order valence-electron chi connectivity index (χ2n) is 6.74. The summed E-state index contributed by atoms with van der Waals surface area (Å²) in [7, 11) is 0. The Morgan fingerprint density at radius 3 is 2.59 bits per heavy atom. The molecule has 0 aromatic heterocycles. The Hall–Kier alpha value is -2.57. The van der Waals surface area contributed by atoms with Gasteiger partial charge in [0.2, 0.25) is 5.91 Å². The maximum atomic E-state index is 12.2. The molecule has 2 N–H and O–H groups in total. The SMILES string of the molecule is CCCCCOc1ccc(C(=O)OCC(=O)N2CCC[C@H](C(N)=O)C2)cc1. The number of rotatable bonds is 9. The van der Waals surface area contributed by atoms with Gasteiger partial charge in [-0.15, -0.1) is 0 Å². The van der Waals surface area contributed by atoms with Crippen LogP contribution in [0.5, 0.6) is 5.75 Å². The van der Waals surface area contributed by atoms with Crippen LogP contribution in [0.3, 0.4) is 0 Å². The molecular weight excluding hydrogens is 348 g/mol. The van der Waals surface area contributed by atoms with Gasteiger partial charge in [0.15, 0.2) is 6.61 Å². The molecule has 2 rings (SSSR count). The Morgan fingerprint density at radius 2 is 1.93 bits per heavy atom. The number of nitrogens with two attached hydrogens (primary N) is 1. The van der Waals surface area contributed by atoms with Crippen LogP contribution in [0.2, 0.25) is 0 Å². The van der Waals surface area contributed by atoms with Crippen LogP contribution < -0.4 is 10.5 Å². The van der Waals surface area contributed by atoms with Crippen LogP contribution in [0.1, 0.15) is 49.4 Å². The summed E-state index contributed by atoms with van der Waals surface area (Å²) in [5.41, 5.74) is 5.67. The number of primary amides is 1. The summed E-state index contributed by atoms with van der Waals surface area (Å²) >= 11 is 0. The van der Waals surface area contributed by atoms with Crippen molar-refractivity contribution in [1.82, 2.24) is 4.90 Å². The number of piperidine rings is 1. The fourth-order valence-corrected chi connectivity index (χ4v) is 2.97. The number of carbonyl (C=O) groups excluding carboxylic acids is 3. The molecule has 1 aliphatic heterocycles. The number of ether oxygens (including phenoxy) is 2. The molecule has 1 fully saturated rings. The number of carbonyl (C=O) groups is 3. The molecule has 1 atom stereocenters. The number of unbranched alkanes of at least 4 members (excludes halogenated alkanes) is 2. The van der Waals surface area contributed by atoms with E-state index in [1.807, 2.05) is 0 Å². The van der Waals surface area contributed by atoms with E-state index in [-0.39, 0.29) is 25.0 Å². The van der Waals surface area contributed by atoms with Crippen LogP contribution in [0.25, 0.3) is 0 Å². The minimum atomic E-state index is -0.565. The molecule has 1 saturated heterocycles. The summed E-state index contributed by atoms with van der Waals surface area (Å²) in [6.07, 6.45) is 4.65. The molecule has 0 radical (unpaired) electrons. The van der Waals surface area contributed by atoms with Crippen molar-refractivity contribution in [3.8, 4) is 5.75 Å². The number of esters is 1. The highest BCUT2D eigenvalue weighted by molar-refractivity contribution is 5.91. The Kier molecular flexibility index (Phi) is 8.10. The highest BCUT2D eigenvalue weighted by Gasteiger charge is 2.27. The smallest absolute Gasteiger partial charge is 0.338 e. The van der Waals surface area contributed by atoms with Crippen molar-refractivity contribution in [1.29, 1.82) is 0 Å². The van der Waals surface area contributed by atoms with Crippen molar-refractivity contribution in [3.63, 3.8) is 0 Å². The number of hydrogen-bond acceptors (Lipinski definition) is 5. The molecule has 0 aliphatic carbocycles. The molecule has 1 aromatic rings. The van der Waals surface area contributed by atoms with Crippen LogP contribution in [0, 0.1) is 5.92 Å². The van der Waals surface area contributed by atoms with E-state index in [2.05, 4.69) is 6.92 Å². The Labute approximate surface area is 159 Å². The van der Waals surface area contributed by atoms with E-state index in [9.17, 15) is 14.4 Å². The summed E-state index contributed by atoms with van der Waals surface area (Å²) in [5, 5.41) is 0. The summed E-state index contributed by atoms with van der Waals surface area (Å²) in [6, 6.07) is 6.66. The maximum absolute atomic E-state index is 12.2. The molecule has 7 heteroatoms. The van der Waals surface area contributed by atoms with Crippen molar-refractivity contribution >= 4 is 17.8 Å². The van der Waals surface area contributed by atoms with Crippen molar-refractivity contribution in [2.45, 2.75) is 39.0 Å². The molecule has 1 aliphatic rings. The lowest BCUT2D eigenvalue weighted by Crippen LogP contribution is -2.45. The monoisotopic (exact) mass is 376 g/mol. The first-order valence-corrected chi connectivity index (χ1v) is 9.48. The number of benzene rings is 1. The normalized spacial score (nSPS) is 16.6. The zero-order valence-corrected chi connectivity index (χ0v) is 15.8. The third kappa shape index (κ3) is 6.58. The van der Waals surface area contributed by atoms with Crippen LogP contribution in [-0.4, -0.2) is 49.0 Å². The third-order valence-corrected chi connectivity index (χ3v) is 4.61. The van der Waals surface area contributed by atoms with Crippen LogP contribution in [-0.2, 0) is 14.3 Å². The second-order valence-corrected chi connectivity index (χ2v) is 6.74. The molecule has 0 saturated carbocycles. The molecule has 1 aromatic carbocycles. The molecule has 1 heterocycles. The van der Waals surface area contributed by atoms with Gasteiger partial charge in [0.1, 0.15) is 5.75 Å². The molecule has 0 unspecified atom stereocenters. The first-order chi connectivity index (χ1) is 13.0. The first-order valence-electron chi connectivity index (χ1n) is 9.48. The lowest BCUT2D eigenvalue weighted by atomic mass is 9.97. The van der Waals surface area contributed by atoms with Crippen LogP contribution in [0.15, 0.2) is 24.3 Å². The van der Waals surface area contributed by atoms with Crippen LogP contribution in [0.4, 0.5) is 0 Å². The lowest BCUT2D eigenvalue weighted by molar-refractivity contribution is -0.137. The predicted octanol–water partition coefficient (Wildman–Crippen LogP) is 2.14. The fourth-order valence-electron chi connectivity index (χ4n) is 2.97. The zero-order chi connectivity index (χ0) is 19.6. The lowest BCUT2D eigenvalue weighted by Gasteiger charge is -2.31. The van der Waals surface area contributed by atoms with E-state index in [4.69, 9.17) is 15.2 Å². The molecular formula is C20H28N2O5.